The minimum absolute atomic E-state index is 0.0105. The van der Waals surface area contributed by atoms with Crippen molar-refractivity contribution in [1.82, 2.24) is 10.4 Å². The number of carbonyl (C=O) groups excluding carboxylic acids is 1. The molecular formula is C14H31BN2O2. The third-order valence-electron chi connectivity index (χ3n) is 3.52. The molecule has 0 saturated carbocycles. The summed E-state index contributed by atoms with van der Waals surface area (Å²) in [6, 6.07) is -0.389. The van der Waals surface area contributed by atoms with Gasteiger partial charge in [0.25, 0.3) is 0 Å². The van der Waals surface area contributed by atoms with E-state index >= 15 is 0 Å². The molecule has 0 bridgehead atoms. The topological polar surface area (TPSA) is 52.6 Å². The predicted octanol–water partition coefficient (Wildman–Crippen LogP) is 1.57. The third kappa shape index (κ3) is 10.1. The van der Waals surface area contributed by atoms with E-state index in [0.717, 1.165) is 25.8 Å². The molecule has 5 heteroatoms. The zero-order chi connectivity index (χ0) is 14.5. The number of rotatable bonds is 13. The maximum absolute atomic E-state index is 11.2. The average molecular weight is 270 g/mol. The van der Waals surface area contributed by atoms with Gasteiger partial charge in [-0.15, -0.1) is 0 Å². The van der Waals surface area contributed by atoms with Crippen LogP contribution < -0.4 is 5.48 Å². The third-order valence-corrected chi connectivity index (χ3v) is 3.52. The van der Waals surface area contributed by atoms with E-state index in [1.54, 1.807) is 0 Å². The first-order valence-corrected chi connectivity index (χ1v) is 7.78. The normalized spacial score (nSPS) is 12.8. The van der Waals surface area contributed by atoms with E-state index in [9.17, 15) is 4.79 Å². The summed E-state index contributed by atoms with van der Waals surface area (Å²) in [6.07, 6.45) is 7.80. The molecule has 112 valence electrons. The lowest BCUT2D eigenvalue weighted by atomic mass is 9.92. The molecule has 0 aromatic heterocycles. The van der Waals surface area contributed by atoms with E-state index in [4.69, 9.17) is 5.21 Å². The summed E-state index contributed by atoms with van der Waals surface area (Å²) in [6.45, 7) is 7.93. The molecule has 0 aliphatic carbocycles. The molecule has 0 radical (unpaired) electrons. The first-order chi connectivity index (χ1) is 9.15. The molecule has 0 aromatic carbocycles. The molecule has 1 atom stereocenters. The molecule has 4 nitrogen and oxygen atoms in total. The van der Waals surface area contributed by atoms with Crippen LogP contribution in [0.25, 0.3) is 0 Å². The number of hydrogen-bond donors (Lipinski definition) is 2. The lowest BCUT2D eigenvalue weighted by Crippen LogP contribution is -2.34. The van der Waals surface area contributed by atoms with Crippen LogP contribution in [0, 0.1) is 0 Å². The van der Waals surface area contributed by atoms with E-state index in [1.807, 2.05) is 0 Å². The highest BCUT2D eigenvalue weighted by molar-refractivity contribution is 6.59. The fourth-order valence-corrected chi connectivity index (χ4v) is 2.14. The number of hydrogen-bond acceptors (Lipinski definition) is 4. The Morgan fingerprint density at radius 2 is 1.63 bits per heavy atom. The minimum atomic E-state index is -0.389. The first kappa shape index (κ1) is 18.6. The van der Waals surface area contributed by atoms with Gasteiger partial charge in [0.1, 0.15) is 5.68 Å². The average Bonchev–Trinajstić information content (AvgIpc) is 2.40. The number of nitrogens with one attached hydrogen (secondary N) is 1. The molecular weight excluding hydrogens is 239 g/mol. The van der Waals surface area contributed by atoms with Gasteiger partial charge in [0, 0.05) is 0 Å². The molecule has 0 unspecified atom stereocenters. The van der Waals surface area contributed by atoms with Crippen molar-refractivity contribution in [2.45, 2.75) is 64.8 Å². The summed E-state index contributed by atoms with van der Waals surface area (Å²) in [4.78, 5) is 13.7. The highest BCUT2D eigenvalue weighted by Crippen LogP contribution is 2.05. The quantitative estimate of drug-likeness (QED) is 0.303. The molecule has 0 rings (SSSR count). The van der Waals surface area contributed by atoms with E-state index in [0.29, 0.717) is 0 Å². The van der Waals surface area contributed by atoms with Crippen molar-refractivity contribution < 1.29 is 10.0 Å². The van der Waals surface area contributed by atoms with E-state index < -0.39 is 0 Å². The standard InChI is InChI=1S/C14H31BN2O2/c1-3-5-10-17(11-6-4-2)12-8-7-9-13(16-19)14(15)18/h13,16,19H,3-12,15H2,1-2H3/t13-/m0/s1. The maximum Gasteiger partial charge on any atom is 0.189 e. The van der Waals surface area contributed by atoms with Crippen LogP contribution in [0.5, 0.6) is 0 Å². The second kappa shape index (κ2) is 12.6. The van der Waals surface area contributed by atoms with Gasteiger partial charge in [-0.2, -0.15) is 5.48 Å². The van der Waals surface area contributed by atoms with Gasteiger partial charge in [-0.05, 0) is 45.3 Å². The van der Waals surface area contributed by atoms with Gasteiger partial charge in [0.2, 0.25) is 0 Å². The van der Waals surface area contributed by atoms with Crippen LogP contribution in [0.1, 0.15) is 58.8 Å². The van der Waals surface area contributed by atoms with Crippen molar-refractivity contribution in [3.05, 3.63) is 0 Å². The van der Waals surface area contributed by atoms with Gasteiger partial charge in [-0.1, -0.05) is 33.1 Å². The Labute approximate surface area is 119 Å². The highest BCUT2D eigenvalue weighted by Gasteiger charge is 2.11. The Hall–Kier alpha value is -0.385. The summed E-state index contributed by atoms with van der Waals surface area (Å²) >= 11 is 0. The molecule has 0 amide bonds. The van der Waals surface area contributed by atoms with Crippen LogP contribution in [0.4, 0.5) is 0 Å². The van der Waals surface area contributed by atoms with Crippen molar-refractivity contribution in [1.29, 1.82) is 0 Å². The van der Waals surface area contributed by atoms with Crippen LogP contribution in [0.15, 0.2) is 0 Å². The van der Waals surface area contributed by atoms with Crippen LogP contribution in [-0.4, -0.2) is 49.3 Å². The summed E-state index contributed by atoms with van der Waals surface area (Å²) < 4.78 is 0. The lowest BCUT2D eigenvalue weighted by molar-refractivity contribution is -0.116. The summed E-state index contributed by atoms with van der Waals surface area (Å²) in [5, 5.41) is 8.86. The molecule has 0 aliphatic rings. The summed E-state index contributed by atoms with van der Waals surface area (Å²) in [5.74, 6) is 0. The Balaban J connectivity index is 3.80. The first-order valence-electron chi connectivity index (χ1n) is 7.78. The fraction of sp³-hybridized carbons (Fsp3) is 0.929. The van der Waals surface area contributed by atoms with Crippen LogP contribution >= 0.6 is 0 Å². The van der Waals surface area contributed by atoms with Crippen LogP contribution in [0.3, 0.4) is 0 Å². The Bertz CT molecular complexity index is 219. The monoisotopic (exact) mass is 270 g/mol. The molecule has 0 fully saturated rings. The molecule has 0 aliphatic heterocycles. The van der Waals surface area contributed by atoms with Crippen molar-refractivity contribution in [3.8, 4) is 0 Å². The minimum Gasteiger partial charge on any atom is -0.316 e. The summed E-state index contributed by atoms with van der Waals surface area (Å²) in [5.41, 5.74) is 2.11. The van der Waals surface area contributed by atoms with E-state index in [2.05, 4.69) is 24.2 Å². The summed E-state index contributed by atoms with van der Waals surface area (Å²) in [7, 11) is 1.52. The van der Waals surface area contributed by atoms with Crippen LogP contribution in [-0.2, 0) is 4.79 Å². The predicted molar refractivity (Wildman–Crippen MR) is 82.4 cm³/mol. The van der Waals surface area contributed by atoms with Gasteiger partial charge in [0.05, 0.1) is 6.04 Å². The zero-order valence-electron chi connectivity index (χ0n) is 13.0. The number of nitrogens with zero attached hydrogens (tertiary/aromatic N) is 1. The van der Waals surface area contributed by atoms with Crippen molar-refractivity contribution in [2.75, 3.05) is 19.6 Å². The molecule has 0 spiro atoms. The van der Waals surface area contributed by atoms with Crippen molar-refractivity contribution in [3.63, 3.8) is 0 Å². The second-order valence-electron chi connectivity index (χ2n) is 5.34. The molecule has 0 heterocycles. The van der Waals surface area contributed by atoms with Gasteiger partial charge < -0.3 is 14.9 Å². The van der Waals surface area contributed by atoms with Gasteiger partial charge >= 0.3 is 0 Å². The Morgan fingerprint density at radius 3 is 2.05 bits per heavy atom. The Kier molecular flexibility index (Phi) is 12.4. The number of carbonyl (C=O) groups is 1. The molecule has 2 N–H and O–H groups in total. The second-order valence-corrected chi connectivity index (χ2v) is 5.34. The molecule has 0 aromatic rings. The lowest BCUT2D eigenvalue weighted by Gasteiger charge is -2.22. The van der Waals surface area contributed by atoms with Gasteiger partial charge in [0.15, 0.2) is 7.85 Å². The number of unbranched alkanes of at least 4 members (excludes halogenated alkanes) is 3. The maximum atomic E-state index is 11.2. The highest BCUT2D eigenvalue weighted by atomic mass is 16.5. The molecule has 19 heavy (non-hydrogen) atoms. The van der Waals surface area contributed by atoms with Crippen molar-refractivity contribution in [2.24, 2.45) is 0 Å². The largest absolute Gasteiger partial charge is 0.316 e. The van der Waals surface area contributed by atoms with Gasteiger partial charge in [-0.3, -0.25) is 0 Å². The van der Waals surface area contributed by atoms with E-state index in [1.165, 1.54) is 46.6 Å². The zero-order valence-corrected chi connectivity index (χ0v) is 13.0. The Morgan fingerprint density at radius 1 is 1.11 bits per heavy atom. The SMILES string of the molecule is BC(=O)[C@H](CCCCN(CCCC)CCCC)NO. The van der Waals surface area contributed by atoms with Gasteiger partial charge in [-0.25, -0.2) is 0 Å². The van der Waals surface area contributed by atoms with E-state index in [-0.39, 0.29) is 11.7 Å². The van der Waals surface area contributed by atoms with Crippen molar-refractivity contribution >= 4 is 13.5 Å². The number of hydroxylamine groups is 1. The van der Waals surface area contributed by atoms with Crippen LogP contribution in [0.2, 0.25) is 0 Å². The fourth-order valence-electron chi connectivity index (χ4n) is 2.14. The smallest absolute Gasteiger partial charge is 0.189 e. The molecule has 0 saturated heterocycles.